The van der Waals surface area contributed by atoms with Crippen LogP contribution in [0.3, 0.4) is 0 Å². The van der Waals surface area contributed by atoms with E-state index in [1.165, 1.54) is 0 Å². The molecule has 0 radical (unpaired) electrons. The van der Waals surface area contributed by atoms with Crippen LogP contribution in [0.25, 0.3) is 10.1 Å². The molecule has 0 fully saturated rings. The molecule has 0 aliphatic carbocycles. The highest BCUT2D eigenvalue weighted by Crippen LogP contribution is 2.52. The molecule has 0 saturated heterocycles. The molecule has 1 heterocycles. The van der Waals surface area contributed by atoms with E-state index in [1.807, 2.05) is 37.4 Å². The Bertz CT molecular complexity index is 601. The van der Waals surface area contributed by atoms with Crippen molar-refractivity contribution in [1.29, 1.82) is 0 Å². The molecule has 0 bridgehead atoms. The van der Waals surface area contributed by atoms with Gasteiger partial charge in [0.25, 0.3) is 0 Å². The predicted molar refractivity (Wildman–Crippen MR) is 81.4 cm³/mol. The molecule has 0 unspecified atom stereocenters. The van der Waals surface area contributed by atoms with Crippen molar-refractivity contribution in [2.24, 2.45) is 0 Å². The van der Waals surface area contributed by atoms with E-state index in [-0.39, 0.29) is 6.16 Å². The van der Waals surface area contributed by atoms with E-state index in [0.29, 0.717) is 18.2 Å². The first-order chi connectivity index (χ1) is 9.08. The molecule has 2 rings (SSSR count). The second-order valence-corrected chi connectivity index (χ2v) is 7.41. The molecule has 1 aromatic heterocycles. The van der Waals surface area contributed by atoms with Gasteiger partial charge in [-0.2, -0.15) is 0 Å². The Morgan fingerprint density at radius 1 is 1.26 bits per heavy atom. The van der Waals surface area contributed by atoms with E-state index in [1.54, 1.807) is 11.3 Å². The summed E-state index contributed by atoms with van der Waals surface area (Å²) in [6, 6.07) is 5.72. The molecule has 19 heavy (non-hydrogen) atoms. The zero-order chi connectivity index (χ0) is 13.9. The third-order valence-electron chi connectivity index (χ3n) is 2.63. The fourth-order valence-electron chi connectivity index (χ4n) is 1.91. The molecule has 1 aromatic carbocycles. The van der Waals surface area contributed by atoms with Gasteiger partial charge in [0, 0.05) is 9.72 Å². The molecular weight excluding hydrogens is 303 g/mol. The third-order valence-corrected chi connectivity index (χ3v) is 5.91. The molecular formula is C13H16ClO3PS. The molecule has 2 aromatic rings. The standard InChI is InChI=1S/C13H16ClO3PS/c1-3-16-18(15,17-4-2)8-10-9-19-13-6-5-11(14)7-12(10)13/h5-7,9H,3-4,8H2,1-2H3. The maximum Gasteiger partial charge on any atom is 0.335 e. The molecule has 3 nitrogen and oxygen atoms in total. The van der Waals surface area contributed by atoms with Crippen molar-refractivity contribution in [2.75, 3.05) is 13.2 Å². The Morgan fingerprint density at radius 3 is 2.58 bits per heavy atom. The zero-order valence-corrected chi connectivity index (χ0v) is 13.4. The Hall–Kier alpha value is -0.380. The van der Waals surface area contributed by atoms with Crippen LogP contribution in [0.15, 0.2) is 23.6 Å². The lowest BCUT2D eigenvalue weighted by Crippen LogP contribution is -1.98. The van der Waals surface area contributed by atoms with E-state index in [2.05, 4.69) is 0 Å². The van der Waals surface area contributed by atoms with Crippen LogP contribution in [0.5, 0.6) is 0 Å². The Morgan fingerprint density at radius 2 is 1.95 bits per heavy atom. The number of fused-ring (bicyclic) bond motifs is 1. The maximum absolute atomic E-state index is 12.5. The normalized spacial score (nSPS) is 12.2. The minimum absolute atomic E-state index is 0.287. The lowest BCUT2D eigenvalue weighted by molar-refractivity contribution is 0.219. The highest BCUT2D eigenvalue weighted by molar-refractivity contribution is 7.53. The zero-order valence-electron chi connectivity index (χ0n) is 10.9. The van der Waals surface area contributed by atoms with Gasteiger partial charge in [-0.1, -0.05) is 11.6 Å². The Kier molecular flexibility index (Phi) is 5.04. The highest BCUT2D eigenvalue weighted by atomic mass is 35.5. The minimum Gasteiger partial charge on any atom is -0.309 e. The number of thiophene rings is 1. The van der Waals surface area contributed by atoms with Gasteiger partial charge in [-0.3, -0.25) is 4.57 Å². The molecule has 0 aliphatic heterocycles. The SMILES string of the molecule is CCOP(=O)(Cc1csc2ccc(Cl)cc12)OCC. The van der Waals surface area contributed by atoms with Gasteiger partial charge in [0.05, 0.1) is 19.4 Å². The van der Waals surface area contributed by atoms with Gasteiger partial charge in [0.15, 0.2) is 0 Å². The number of halogens is 1. The molecule has 104 valence electrons. The summed E-state index contributed by atoms with van der Waals surface area (Å²) in [6.07, 6.45) is 0.287. The first-order valence-electron chi connectivity index (χ1n) is 6.11. The van der Waals surface area contributed by atoms with Crippen molar-refractivity contribution in [3.05, 3.63) is 34.2 Å². The molecule has 0 spiro atoms. The second-order valence-electron chi connectivity index (χ2n) is 4.01. The van der Waals surface area contributed by atoms with Crippen LogP contribution in [0.4, 0.5) is 0 Å². The monoisotopic (exact) mass is 318 g/mol. The van der Waals surface area contributed by atoms with E-state index in [4.69, 9.17) is 20.6 Å². The Balaban J connectivity index is 2.33. The van der Waals surface area contributed by atoms with Gasteiger partial charge >= 0.3 is 7.60 Å². The van der Waals surface area contributed by atoms with E-state index in [0.717, 1.165) is 15.6 Å². The number of hydrogen-bond acceptors (Lipinski definition) is 4. The quantitative estimate of drug-likeness (QED) is 0.676. The largest absolute Gasteiger partial charge is 0.335 e. The van der Waals surface area contributed by atoms with Crippen LogP contribution >= 0.6 is 30.5 Å². The van der Waals surface area contributed by atoms with Crippen molar-refractivity contribution in [1.82, 2.24) is 0 Å². The van der Waals surface area contributed by atoms with Crippen molar-refractivity contribution < 1.29 is 13.6 Å². The van der Waals surface area contributed by atoms with Crippen molar-refractivity contribution in [2.45, 2.75) is 20.0 Å². The van der Waals surface area contributed by atoms with Gasteiger partial charge in [-0.05, 0) is 48.4 Å². The molecule has 6 heteroatoms. The first kappa shape index (κ1) is 15.0. The van der Waals surface area contributed by atoms with Crippen LogP contribution < -0.4 is 0 Å². The Labute approximate surface area is 122 Å². The fraction of sp³-hybridized carbons (Fsp3) is 0.385. The fourth-order valence-corrected chi connectivity index (χ4v) is 4.87. The predicted octanol–water partition coefficient (Wildman–Crippen LogP) is 5.32. The molecule has 0 aliphatic rings. The first-order valence-corrected chi connectivity index (χ1v) is 9.10. The number of rotatable bonds is 6. The topological polar surface area (TPSA) is 35.5 Å². The average molecular weight is 319 g/mol. The summed E-state index contributed by atoms with van der Waals surface area (Å²) in [5, 5.41) is 3.69. The van der Waals surface area contributed by atoms with Gasteiger partial charge in [0.2, 0.25) is 0 Å². The smallest absolute Gasteiger partial charge is 0.309 e. The maximum atomic E-state index is 12.5. The van der Waals surface area contributed by atoms with Gasteiger partial charge < -0.3 is 9.05 Å². The third kappa shape index (κ3) is 3.59. The summed E-state index contributed by atoms with van der Waals surface area (Å²) in [5.74, 6) is 0. The highest BCUT2D eigenvalue weighted by Gasteiger charge is 2.25. The summed E-state index contributed by atoms with van der Waals surface area (Å²) in [6.45, 7) is 4.38. The van der Waals surface area contributed by atoms with Gasteiger partial charge in [-0.25, -0.2) is 0 Å². The second kappa shape index (κ2) is 6.38. The van der Waals surface area contributed by atoms with E-state index < -0.39 is 7.60 Å². The summed E-state index contributed by atoms with van der Waals surface area (Å²) in [5.41, 5.74) is 0.965. The van der Waals surface area contributed by atoms with Crippen LogP contribution in [0, 0.1) is 0 Å². The van der Waals surface area contributed by atoms with Crippen LogP contribution in [0.1, 0.15) is 19.4 Å². The van der Waals surface area contributed by atoms with E-state index in [9.17, 15) is 4.57 Å². The molecule has 0 N–H and O–H groups in total. The van der Waals surface area contributed by atoms with Crippen LogP contribution in [-0.4, -0.2) is 13.2 Å². The summed E-state index contributed by atoms with van der Waals surface area (Å²) >= 11 is 7.62. The minimum atomic E-state index is -3.06. The summed E-state index contributed by atoms with van der Waals surface area (Å²) < 4.78 is 24.3. The van der Waals surface area contributed by atoms with Crippen molar-refractivity contribution >= 4 is 40.6 Å². The number of hydrogen-bond donors (Lipinski definition) is 0. The lowest BCUT2D eigenvalue weighted by atomic mass is 10.2. The summed E-state index contributed by atoms with van der Waals surface area (Å²) in [4.78, 5) is 0. The lowest BCUT2D eigenvalue weighted by Gasteiger charge is -2.16. The molecule has 0 atom stereocenters. The van der Waals surface area contributed by atoms with Crippen molar-refractivity contribution in [3.63, 3.8) is 0 Å². The van der Waals surface area contributed by atoms with Gasteiger partial charge in [-0.15, -0.1) is 11.3 Å². The molecule has 0 saturated carbocycles. The molecule has 0 amide bonds. The number of benzene rings is 1. The van der Waals surface area contributed by atoms with Crippen LogP contribution in [-0.2, 0) is 19.8 Å². The van der Waals surface area contributed by atoms with Gasteiger partial charge in [0.1, 0.15) is 0 Å². The van der Waals surface area contributed by atoms with E-state index >= 15 is 0 Å². The van der Waals surface area contributed by atoms with Crippen LogP contribution in [0.2, 0.25) is 5.02 Å². The summed E-state index contributed by atoms with van der Waals surface area (Å²) in [7, 11) is -3.06. The van der Waals surface area contributed by atoms with Crippen molar-refractivity contribution in [3.8, 4) is 0 Å². The average Bonchev–Trinajstić information content (AvgIpc) is 2.72.